The molecule has 3 N–H and O–H groups in total. The van der Waals surface area contributed by atoms with Crippen LogP contribution >= 0.6 is 0 Å². The van der Waals surface area contributed by atoms with Crippen molar-refractivity contribution >= 4 is 11.6 Å². The van der Waals surface area contributed by atoms with Gasteiger partial charge in [0, 0.05) is 45.3 Å². The van der Waals surface area contributed by atoms with E-state index in [0.29, 0.717) is 6.54 Å². The highest BCUT2D eigenvalue weighted by molar-refractivity contribution is 5.48. The lowest BCUT2D eigenvalue weighted by atomic mass is 10.3. The first-order chi connectivity index (χ1) is 8.29. The molecule has 6 nitrogen and oxygen atoms in total. The average Bonchev–Trinajstić information content (AvgIpc) is 2.37. The van der Waals surface area contributed by atoms with E-state index in [1.165, 1.54) is 0 Å². The molecule has 0 unspecified atom stereocenters. The van der Waals surface area contributed by atoms with Gasteiger partial charge >= 0.3 is 0 Å². The summed E-state index contributed by atoms with van der Waals surface area (Å²) in [6.07, 6.45) is 1.60. The van der Waals surface area contributed by atoms with E-state index in [0.717, 1.165) is 44.4 Å². The van der Waals surface area contributed by atoms with Crippen molar-refractivity contribution in [2.75, 3.05) is 56.5 Å². The van der Waals surface area contributed by atoms with Crippen molar-refractivity contribution in [2.45, 2.75) is 0 Å². The molecule has 1 aromatic heterocycles. The Morgan fingerprint density at radius 2 is 2.06 bits per heavy atom. The van der Waals surface area contributed by atoms with Gasteiger partial charge in [0.2, 0.25) is 0 Å². The van der Waals surface area contributed by atoms with E-state index in [1.807, 2.05) is 6.07 Å². The number of aromatic nitrogens is 2. The Kier molecular flexibility index (Phi) is 4.11. The summed E-state index contributed by atoms with van der Waals surface area (Å²) in [6.45, 7) is 5.53. The molecule has 0 spiro atoms. The van der Waals surface area contributed by atoms with Crippen molar-refractivity contribution in [1.82, 2.24) is 14.9 Å². The molecule has 1 fully saturated rings. The quantitative estimate of drug-likeness (QED) is 0.741. The van der Waals surface area contributed by atoms with Crippen LogP contribution < -0.4 is 16.0 Å². The first kappa shape index (κ1) is 12.1. The number of likely N-dealkylation sites (N-methyl/N-ethyl adjacent to an activating group) is 1. The molecular formula is C11H20N6. The third kappa shape index (κ3) is 3.28. The summed E-state index contributed by atoms with van der Waals surface area (Å²) in [5, 5.41) is 3.17. The van der Waals surface area contributed by atoms with Gasteiger partial charge in [-0.25, -0.2) is 9.97 Å². The molecule has 0 bridgehead atoms. The minimum Gasteiger partial charge on any atom is -0.369 e. The van der Waals surface area contributed by atoms with Crippen molar-refractivity contribution in [3.05, 3.63) is 12.4 Å². The number of anilines is 2. The van der Waals surface area contributed by atoms with Gasteiger partial charge in [-0.2, -0.15) is 0 Å². The van der Waals surface area contributed by atoms with Gasteiger partial charge in [-0.1, -0.05) is 0 Å². The molecule has 0 radical (unpaired) electrons. The topological polar surface area (TPSA) is 70.3 Å². The highest BCUT2D eigenvalue weighted by Gasteiger charge is 2.15. The van der Waals surface area contributed by atoms with E-state index in [1.54, 1.807) is 6.33 Å². The Morgan fingerprint density at radius 3 is 2.76 bits per heavy atom. The molecule has 2 heterocycles. The van der Waals surface area contributed by atoms with Crippen LogP contribution in [0.3, 0.4) is 0 Å². The summed E-state index contributed by atoms with van der Waals surface area (Å²) in [5.41, 5.74) is 5.45. The molecule has 17 heavy (non-hydrogen) atoms. The van der Waals surface area contributed by atoms with Gasteiger partial charge in [-0.05, 0) is 7.05 Å². The van der Waals surface area contributed by atoms with E-state index < -0.39 is 0 Å². The molecule has 1 aliphatic heterocycles. The Labute approximate surface area is 102 Å². The van der Waals surface area contributed by atoms with Crippen molar-refractivity contribution in [3.8, 4) is 0 Å². The highest BCUT2D eigenvalue weighted by atomic mass is 15.3. The molecular weight excluding hydrogens is 216 g/mol. The van der Waals surface area contributed by atoms with E-state index in [9.17, 15) is 0 Å². The number of nitrogens with one attached hydrogen (secondary N) is 1. The Hall–Kier alpha value is -1.40. The Bertz CT molecular complexity index is 348. The lowest BCUT2D eigenvalue weighted by Gasteiger charge is -2.33. The van der Waals surface area contributed by atoms with E-state index in [2.05, 4.69) is 32.1 Å². The van der Waals surface area contributed by atoms with E-state index >= 15 is 0 Å². The first-order valence-electron chi connectivity index (χ1n) is 5.99. The summed E-state index contributed by atoms with van der Waals surface area (Å²) in [6, 6.07) is 1.99. The zero-order valence-corrected chi connectivity index (χ0v) is 10.3. The average molecular weight is 236 g/mol. The van der Waals surface area contributed by atoms with Crippen molar-refractivity contribution < 1.29 is 0 Å². The van der Waals surface area contributed by atoms with Crippen molar-refractivity contribution in [2.24, 2.45) is 5.73 Å². The molecule has 2 rings (SSSR count). The summed E-state index contributed by atoms with van der Waals surface area (Å²) >= 11 is 0. The van der Waals surface area contributed by atoms with Crippen molar-refractivity contribution in [1.29, 1.82) is 0 Å². The maximum atomic E-state index is 5.45. The second kappa shape index (κ2) is 5.79. The molecule has 1 aliphatic rings. The minimum atomic E-state index is 0.605. The van der Waals surface area contributed by atoms with Crippen LogP contribution in [0.15, 0.2) is 12.4 Å². The highest BCUT2D eigenvalue weighted by Crippen LogP contribution is 2.15. The van der Waals surface area contributed by atoms with Crippen LogP contribution in [0.5, 0.6) is 0 Å². The predicted octanol–water partition coefficient (Wildman–Crippen LogP) is -0.401. The van der Waals surface area contributed by atoms with Crippen LogP contribution in [0, 0.1) is 0 Å². The summed E-state index contributed by atoms with van der Waals surface area (Å²) in [5.74, 6) is 1.84. The van der Waals surface area contributed by atoms with Gasteiger partial charge in [-0.15, -0.1) is 0 Å². The van der Waals surface area contributed by atoms with Gasteiger partial charge in [-0.3, -0.25) is 0 Å². The smallest absolute Gasteiger partial charge is 0.134 e. The number of nitrogens with zero attached hydrogens (tertiary/aromatic N) is 4. The molecule has 1 saturated heterocycles. The maximum absolute atomic E-state index is 5.45. The van der Waals surface area contributed by atoms with Crippen molar-refractivity contribution in [3.63, 3.8) is 0 Å². The number of hydrogen-bond donors (Lipinski definition) is 2. The third-order valence-corrected chi connectivity index (χ3v) is 2.93. The molecule has 0 saturated carbocycles. The van der Waals surface area contributed by atoms with Crippen LogP contribution in [-0.4, -0.2) is 61.2 Å². The van der Waals surface area contributed by atoms with Gasteiger partial charge in [0.15, 0.2) is 0 Å². The Morgan fingerprint density at radius 1 is 1.29 bits per heavy atom. The van der Waals surface area contributed by atoms with E-state index in [4.69, 9.17) is 5.73 Å². The fourth-order valence-corrected chi connectivity index (χ4v) is 1.85. The van der Waals surface area contributed by atoms with Crippen LogP contribution in [0.4, 0.5) is 11.6 Å². The zero-order chi connectivity index (χ0) is 12.1. The molecule has 0 aromatic carbocycles. The van der Waals surface area contributed by atoms with Crippen LogP contribution in [-0.2, 0) is 0 Å². The summed E-state index contributed by atoms with van der Waals surface area (Å²) in [4.78, 5) is 13.1. The van der Waals surface area contributed by atoms with E-state index in [-0.39, 0.29) is 0 Å². The molecule has 0 aliphatic carbocycles. The number of nitrogens with two attached hydrogens (primary N) is 1. The van der Waals surface area contributed by atoms with Gasteiger partial charge in [0.05, 0.1) is 0 Å². The maximum Gasteiger partial charge on any atom is 0.134 e. The largest absolute Gasteiger partial charge is 0.369 e. The summed E-state index contributed by atoms with van der Waals surface area (Å²) < 4.78 is 0. The predicted molar refractivity (Wildman–Crippen MR) is 69.3 cm³/mol. The molecule has 0 atom stereocenters. The minimum absolute atomic E-state index is 0.605. The fraction of sp³-hybridized carbons (Fsp3) is 0.636. The molecule has 1 aromatic rings. The van der Waals surface area contributed by atoms with Gasteiger partial charge in [0.25, 0.3) is 0 Å². The lowest BCUT2D eigenvalue weighted by Crippen LogP contribution is -2.44. The normalized spacial score (nSPS) is 17.2. The second-order valence-electron chi connectivity index (χ2n) is 4.27. The zero-order valence-electron chi connectivity index (χ0n) is 10.3. The van der Waals surface area contributed by atoms with Crippen LogP contribution in [0.25, 0.3) is 0 Å². The van der Waals surface area contributed by atoms with Gasteiger partial charge < -0.3 is 20.9 Å². The fourth-order valence-electron chi connectivity index (χ4n) is 1.85. The molecule has 0 amide bonds. The molecule has 94 valence electrons. The molecule has 6 heteroatoms. The van der Waals surface area contributed by atoms with Gasteiger partial charge in [0.1, 0.15) is 18.0 Å². The first-order valence-corrected chi connectivity index (χ1v) is 5.99. The second-order valence-corrected chi connectivity index (χ2v) is 4.27. The number of rotatable bonds is 4. The van der Waals surface area contributed by atoms with Crippen LogP contribution in [0.2, 0.25) is 0 Å². The summed E-state index contributed by atoms with van der Waals surface area (Å²) in [7, 11) is 2.14. The van der Waals surface area contributed by atoms with Crippen LogP contribution in [0.1, 0.15) is 0 Å². The monoisotopic (exact) mass is 236 g/mol. The lowest BCUT2D eigenvalue weighted by molar-refractivity contribution is 0.312. The third-order valence-electron chi connectivity index (χ3n) is 2.93. The number of piperazine rings is 1. The number of hydrogen-bond acceptors (Lipinski definition) is 6. The SMILES string of the molecule is CN1CCN(c2cc(NCCN)ncn2)CC1. The Balaban J connectivity index is 2.00. The standard InChI is InChI=1S/C11H20N6/c1-16-4-6-17(7-5-16)11-8-10(13-3-2-12)14-9-15-11/h8-9H,2-7,12H2,1H3,(H,13,14,15).